The molecule has 52 heavy (non-hydrogen) atoms. The van der Waals surface area contributed by atoms with Gasteiger partial charge in [0, 0.05) is 6.42 Å². The average molecular weight is 720 g/mol. The molecule has 0 aromatic carbocycles. The van der Waals surface area contributed by atoms with Gasteiger partial charge in [-0.15, -0.1) is 0 Å². The van der Waals surface area contributed by atoms with E-state index in [4.69, 9.17) is 0 Å². The molecule has 0 saturated heterocycles. The Morgan fingerprint density at radius 2 is 0.846 bits per heavy atom. The van der Waals surface area contributed by atoms with Gasteiger partial charge in [0.05, 0.1) is 18.8 Å². The van der Waals surface area contributed by atoms with Gasteiger partial charge < -0.3 is 15.5 Å². The van der Waals surface area contributed by atoms with Crippen molar-refractivity contribution in [1.82, 2.24) is 5.32 Å². The summed E-state index contributed by atoms with van der Waals surface area (Å²) in [7, 11) is 0. The monoisotopic (exact) mass is 720 g/mol. The van der Waals surface area contributed by atoms with E-state index < -0.39 is 12.1 Å². The van der Waals surface area contributed by atoms with Crippen molar-refractivity contribution in [2.75, 3.05) is 6.61 Å². The van der Waals surface area contributed by atoms with Crippen LogP contribution in [0.15, 0.2) is 97.2 Å². The van der Waals surface area contributed by atoms with Crippen LogP contribution in [-0.2, 0) is 4.79 Å². The molecule has 2 unspecified atom stereocenters. The van der Waals surface area contributed by atoms with Crippen LogP contribution in [0.25, 0.3) is 0 Å². The number of carbonyl (C=O) groups excluding carboxylic acids is 1. The van der Waals surface area contributed by atoms with E-state index in [2.05, 4.69) is 104 Å². The second-order valence-electron chi connectivity index (χ2n) is 14.0. The Hall–Kier alpha value is -2.69. The van der Waals surface area contributed by atoms with Gasteiger partial charge in [-0.05, 0) is 77.0 Å². The van der Waals surface area contributed by atoms with Gasteiger partial charge in [-0.25, -0.2) is 0 Å². The maximum absolute atomic E-state index is 12.2. The molecule has 0 rings (SSSR count). The Labute approximate surface area is 322 Å². The molecule has 0 aromatic rings. The van der Waals surface area contributed by atoms with Crippen LogP contribution in [0.3, 0.4) is 0 Å². The number of carbonyl (C=O) groups is 1. The van der Waals surface area contributed by atoms with Crippen molar-refractivity contribution in [3.63, 3.8) is 0 Å². The van der Waals surface area contributed by atoms with Gasteiger partial charge >= 0.3 is 0 Å². The van der Waals surface area contributed by atoms with Crippen LogP contribution in [0.5, 0.6) is 0 Å². The van der Waals surface area contributed by atoms with Crippen molar-refractivity contribution in [3.8, 4) is 0 Å². The predicted octanol–water partition coefficient (Wildman–Crippen LogP) is 13.5. The van der Waals surface area contributed by atoms with E-state index in [1.54, 1.807) is 6.08 Å². The lowest BCUT2D eigenvalue weighted by molar-refractivity contribution is -0.123. The largest absolute Gasteiger partial charge is 0.394 e. The predicted molar refractivity (Wildman–Crippen MR) is 230 cm³/mol. The van der Waals surface area contributed by atoms with Gasteiger partial charge in [0.25, 0.3) is 0 Å². The van der Waals surface area contributed by atoms with E-state index in [1.165, 1.54) is 89.9 Å². The van der Waals surface area contributed by atoms with Crippen LogP contribution in [0.2, 0.25) is 0 Å². The fourth-order valence-corrected chi connectivity index (χ4v) is 5.80. The van der Waals surface area contributed by atoms with Crippen molar-refractivity contribution in [2.45, 2.75) is 193 Å². The smallest absolute Gasteiger partial charge is 0.220 e. The number of allylic oxidation sites excluding steroid dienone is 15. The van der Waals surface area contributed by atoms with E-state index in [0.717, 1.165) is 70.6 Å². The highest BCUT2D eigenvalue weighted by Crippen LogP contribution is 2.14. The molecule has 0 aliphatic rings. The average Bonchev–Trinajstić information content (AvgIpc) is 3.15. The summed E-state index contributed by atoms with van der Waals surface area (Å²) in [6.07, 6.45) is 64.1. The summed E-state index contributed by atoms with van der Waals surface area (Å²) in [5, 5.41) is 22.6. The molecular weight excluding hydrogens is 639 g/mol. The highest BCUT2D eigenvalue weighted by Gasteiger charge is 2.17. The summed E-state index contributed by atoms with van der Waals surface area (Å²) in [6, 6.07) is -0.623. The van der Waals surface area contributed by atoms with Crippen molar-refractivity contribution < 1.29 is 15.0 Å². The zero-order valence-corrected chi connectivity index (χ0v) is 33.8. The van der Waals surface area contributed by atoms with Crippen molar-refractivity contribution in [2.24, 2.45) is 0 Å². The maximum atomic E-state index is 12.2. The van der Waals surface area contributed by atoms with Gasteiger partial charge in [-0.1, -0.05) is 195 Å². The molecule has 0 aliphatic heterocycles. The minimum atomic E-state index is -0.839. The zero-order valence-electron chi connectivity index (χ0n) is 33.8. The lowest BCUT2D eigenvalue weighted by atomic mass is 10.0. The second-order valence-corrected chi connectivity index (χ2v) is 14.0. The van der Waals surface area contributed by atoms with Crippen LogP contribution in [0.1, 0.15) is 181 Å². The molecule has 0 bridgehead atoms. The number of aliphatic hydroxyl groups is 2. The molecule has 0 spiro atoms. The number of nitrogens with one attached hydrogen (secondary N) is 1. The number of amides is 1. The fourth-order valence-electron chi connectivity index (χ4n) is 5.80. The third kappa shape index (κ3) is 38.5. The molecule has 3 N–H and O–H groups in total. The first-order chi connectivity index (χ1) is 25.7. The number of hydrogen-bond donors (Lipinski definition) is 3. The molecule has 0 aliphatic carbocycles. The van der Waals surface area contributed by atoms with E-state index in [-0.39, 0.29) is 12.5 Å². The van der Waals surface area contributed by atoms with Crippen molar-refractivity contribution in [1.29, 1.82) is 0 Å². The first kappa shape index (κ1) is 49.3. The summed E-state index contributed by atoms with van der Waals surface area (Å²) < 4.78 is 0. The Bertz CT molecular complexity index is 999. The number of rotatable bonds is 37. The highest BCUT2D eigenvalue weighted by atomic mass is 16.3. The third-order valence-electron chi connectivity index (χ3n) is 9.07. The number of unbranched alkanes of at least 4 members (excludes halogenated alkanes) is 16. The summed E-state index contributed by atoms with van der Waals surface area (Å²) >= 11 is 0. The van der Waals surface area contributed by atoms with Gasteiger partial charge in [-0.3, -0.25) is 4.79 Å². The number of aliphatic hydroxyl groups excluding tert-OH is 2. The molecule has 4 nitrogen and oxygen atoms in total. The molecule has 2 atom stereocenters. The van der Waals surface area contributed by atoms with Crippen LogP contribution in [-0.4, -0.2) is 34.9 Å². The van der Waals surface area contributed by atoms with Gasteiger partial charge in [0.1, 0.15) is 0 Å². The summed E-state index contributed by atoms with van der Waals surface area (Å²) in [5.74, 6) is -0.0780. The van der Waals surface area contributed by atoms with Gasteiger partial charge in [0.15, 0.2) is 0 Å². The lowest BCUT2D eigenvalue weighted by Gasteiger charge is -2.20. The molecule has 1 amide bonds. The molecule has 4 heteroatoms. The molecule has 296 valence electrons. The van der Waals surface area contributed by atoms with Crippen LogP contribution >= 0.6 is 0 Å². The lowest BCUT2D eigenvalue weighted by Crippen LogP contribution is -2.45. The summed E-state index contributed by atoms with van der Waals surface area (Å²) in [5.41, 5.74) is 0. The first-order valence-electron chi connectivity index (χ1n) is 21.5. The van der Waals surface area contributed by atoms with Gasteiger partial charge in [0.2, 0.25) is 5.91 Å². The Morgan fingerprint density at radius 1 is 0.481 bits per heavy atom. The van der Waals surface area contributed by atoms with Crippen LogP contribution in [0.4, 0.5) is 0 Å². The van der Waals surface area contributed by atoms with E-state index in [9.17, 15) is 15.0 Å². The third-order valence-corrected chi connectivity index (χ3v) is 9.07. The zero-order chi connectivity index (χ0) is 37.8. The summed E-state index contributed by atoms with van der Waals surface area (Å²) in [6.45, 7) is 4.08. The topological polar surface area (TPSA) is 69.6 Å². The maximum Gasteiger partial charge on any atom is 0.220 e. The first-order valence-corrected chi connectivity index (χ1v) is 21.5. The molecule has 0 heterocycles. The molecule has 0 saturated carbocycles. The SMILES string of the molecule is CC/C=C\C/C=C\C/C=C\C/C=C\C/C=C\C/C=C\C/C=C\CCCCCCCCCCCCCCCC(=O)NC(CO)C(O)/C=C/CCCCC. The number of hydrogen-bond acceptors (Lipinski definition) is 3. The van der Waals surface area contributed by atoms with Crippen LogP contribution < -0.4 is 5.32 Å². The second kappa shape index (κ2) is 42.7. The van der Waals surface area contributed by atoms with E-state index in [1.807, 2.05) is 6.08 Å². The molecular formula is C48H81NO3. The van der Waals surface area contributed by atoms with Crippen LogP contribution in [0, 0.1) is 0 Å². The van der Waals surface area contributed by atoms with Crippen molar-refractivity contribution >= 4 is 5.91 Å². The fraction of sp³-hybridized carbons (Fsp3) is 0.646. The summed E-state index contributed by atoms with van der Waals surface area (Å²) in [4.78, 5) is 12.2. The Balaban J connectivity index is 3.51. The minimum absolute atomic E-state index is 0.0780. The molecule has 0 radical (unpaired) electrons. The Kier molecular flexibility index (Phi) is 40.5. The highest BCUT2D eigenvalue weighted by molar-refractivity contribution is 5.76. The Morgan fingerprint density at radius 3 is 1.27 bits per heavy atom. The molecule has 0 fully saturated rings. The quantitative estimate of drug-likeness (QED) is 0.0442. The normalized spacial score (nSPS) is 14.0. The van der Waals surface area contributed by atoms with Crippen molar-refractivity contribution in [3.05, 3.63) is 97.2 Å². The minimum Gasteiger partial charge on any atom is -0.394 e. The van der Waals surface area contributed by atoms with E-state index >= 15 is 0 Å². The molecule has 0 aromatic heterocycles. The standard InChI is InChI=1S/C48H81NO3/c1-3-5-7-9-10-11-12-13-14-15-16-17-18-19-20-21-22-23-24-25-26-27-28-29-30-31-32-33-34-35-36-37-38-40-42-44-48(52)49-46(45-50)47(51)43-41-39-8-6-4-2/h5,7,10-11,13-14,16-17,19-20,22-23,25-26,41,43,46-47,50-51H,3-4,6,8-9,12,15,18,21,24,27-40,42,44-45H2,1-2H3,(H,49,52)/b7-5-,11-10-,14-13-,17-16-,20-19-,23-22-,26-25-,43-41+. The van der Waals surface area contributed by atoms with E-state index in [0.29, 0.717) is 6.42 Å². The van der Waals surface area contributed by atoms with Gasteiger partial charge in [-0.2, -0.15) is 0 Å².